The lowest BCUT2D eigenvalue weighted by molar-refractivity contribution is -0.420. The summed E-state index contributed by atoms with van der Waals surface area (Å²) >= 11 is 4.62. The number of hydrogen-bond donors (Lipinski definition) is 2. The van der Waals surface area contributed by atoms with E-state index in [2.05, 4.69) is 12.2 Å². The van der Waals surface area contributed by atoms with Crippen molar-refractivity contribution in [3.63, 3.8) is 0 Å². The second kappa shape index (κ2) is 4.31. The van der Waals surface area contributed by atoms with Crippen LogP contribution < -0.4 is 0 Å². The van der Waals surface area contributed by atoms with Crippen molar-refractivity contribution >= 4 is 33.2 Å². The Balaban J connectivity index is 3.62. The molecule has 0 aromatic heterocycles. The third-order valence-electron chi connectivity index (χ3n) is 1.88. The van der Waals surface area contributed by atoms with Crippen molar-refractivity contribution in [2.24, 2.45) is 0 Å². The summed E-state index contributed by atoms with van der Waals surface area (Å²) < 4.78 is 30.6. The Morgan fingerprint density at radius 1 is 1.53 bits per heavy atom. The maximum atomic E-state index is 10.9. The third-order valence-corrected chi connectivity index (χ3v) is 3.01. The molecule has 92 valence electrons. The van der Waals surface area contributed by atoms with Crippen LogP contribution in [-0.2, 0) is 14.9 Å². The van der Waals surface area contributed by atoms with Gasteiger partial charge in [0, 0.05) is 11.3 Å². The molecule has 0 aliphatic heterocycles. The fourth-order valence-corrected chi connectivity index (χ4v) is 2.32. The van der Waals surface area contributed by atoms with E-state index in [4.69, 9.17) is 9.66 Å². The molecule has 17 heavy (non-hydrogen) atoms. The summed E-state index contributed by atoms with van der Waals surface area (Å²) in [6.45, 7) is 0. The van der Waals surface area contributed by atoms with Gasteiger partial charge in [0.25, 0.3) is 0 Å². The molecule has 1 rings (SSSR count). The number of aliphatic carboxylic acids is 1. The van der Waals surface area contributed by atoms with Gasteiger partial charge in [0.05, 0.1) is 4.92 Å². The molecule has 8 nitrogen and oxygen atoms in total. The first-order chi connectivity index (χ1) is 7.64. The average Bonchev–Trinajstić information content (AvgIpc) is 2.14. The summed E-state index contributed by atoms with van der Waals surface area (Å²) in [5.41, 5.74) is -1.93. The molecule has 0 aromatic carbocycles. The monoisotopic (exact) mass is 279 g/mol. The summed E-state index contributed by atoms with van der Waals surface area (Å²) in [6, 6.07) is 0. The van der Waals surface area contributed by atoms with E-state index in [1.54, 1.807) is 0 Å². The van der Waals surface area contributed by atoms with E-state index in [1.807, 2.05) is 0 Å². The summed E-state index contributed by atoms with van der Waals surface area (Å²) in [6.07, 6.45) is 0.273. The molecule has 1 aliphatic carbocycles. The van der Waals surface area contributed by atoms with Crippen molar-refractivity contribution in [1.29, 1.82) is 0 Å². The van der Waals surface area contributed by atoms with Crippen LogP contribution in [0.15, 0.2) is 22.3 Å². The molecule has 0 radical (unpaired) electrons. The van der Waals surface area contributed by atoms with Crippen molar-refractivity contribution < 1.29 is 27.8 Å². The average molecular weight is 279 g/mol. The molecule has 2 N–H and O–H groups in total. The van der Waals surface area contributed by atoms with Gasteiger partial charge in [-0.05, 0) is 6.08 Å². The second-order valence-corrected chi connectivity index (χ2v) is 4.93. The van der Waals surface area contributed by atoms with Gasteiger partial charge in [-0.3, -0.25) is 14.7 Å². The molecule has 0 saturated heterocycles. The van der Waals surface area contributed by atoms with Crippen LogP contribution in [0.2, 0.25) is 0 Å². The van der Waals surface area contributed by atoms with Crippen molar-refractivity contribution in [1.82, 2.24) is 0 Å². The lowest BCUT2D eigenvalue weighted by Gasteiger charge is -2.11. The predicted molar refractivity (Wildman–Crippen MR) is 58.5 cm³/mol. The number of carboxylic acid groups (broad SMARTS) is 1. The van der Waals surface area contributed by atoms with E-state index in [-0.39, 0.29) is 4.86 Å². The first-order valence-electron chi connectivity index (χ1n) is 3.98. The minimum Gasteiger partial charge on any atom is -0.478 e. The Bertz CT molecular complexity index is 581. The zero-order chi connectivity index (χ0) is 13.4. The molecule has 1 aliphatic rings. The molecule has 0 fully saturated rings. The van der Waals surface area contributed by atoms with Gasteiger partial charge in [-0.15, -0.1) is 0 Å². The van der Waals surface area contributed by atoms with Gasteiger partial charge < -0.3 is 5.11 Å². The van der Waals surface area contributed by atoms with Gasteiger partial charge in [-0.2, -0.15) is 8.42 Å². The molecular formula is C7H5NO7S2. The first-order valence-corrected chi connectivity index (χ1v) is 5.82. The number of hydrogen-bond acceptors (Lipinski definition) is 6. The highest BCUT2D eigenvalue weighted by Crippen LogP contribution is 2.28. The summed E-state index contributed by atoms with van der Waals surface area (Å²) in [5.74, 6) is -1.66. The Hall–Kier alpha value is -1.65. The quantitative estimate of drug-likeness (QED) is 0.322. The van der Waals surface area contributed by atoms with Crippen LogP contribution in [0.1, 0.15) is 6.42 Å². The molecule has 0 spiro atoms. The fourth-order valence-electron chi connectivity index (χ4n) is 1.25. The van der Waals surface area contributed by atoms with Crippen molar-refractivity contribution in [3.8, 4) is 0 Å². The van der Waals surface area contributed by atoms with Gasteiger partial charge in [0.2, 0.25) is 0 Å². The normalized spacial score (nSPS) is 16.8. The molecule has 10 heteroatoms. The lowest BCUT2D eigenvalue weighted by atomic mass is 10.0. The topological polar surface area (TPSA) is 135 Å². The Morgan fingerprint density at radius 2 is 2.06 bits per heavy atom. The zero-order valence-electron chi connectivity index (χ0n) is 7.98. The van der Waals surface area contributed by atoms with E-state index in [0.717, 1.165) is 0 Å². The van der Waals surface area contributed by atoms with E-state index in [9.17, 15) is 23.3 Å². The summed E-state index contributed by atoms with van der Waals surface area (Å²) in [4.78, 5) is 19.0. The maximum absolute atomic E-state index is 10.9. The highest BCUT2D eigenvalue weighted by Gasteiger charge is 2.38. The Labute approximate surface area is 100 Å². The van der Waals surface area contributed by atoms with E-state index in [0.29, 0.717) is 6.08 Å². The maximum Gasteiger partial charge on any atom is 0.338 e. The highest BCUT2D eigenvalue weighted by atomic mass is 32.2. The molecule has 0 atom stereocenters. The number of carboxylic acids is 1. The van der Waals surface area contributed by atoms with E-state index < -0.39 is 43.6 Å². The molecule has 0 amide bonds. The van der Waals surface area contributed by atoms with Gasteiger partial charge in [-0.1, -0.05) is 12.2 Å². The van der Waals surface area contributed by atoms with Crippen LogP contribution in [0.4, 0.5) is 0 Å². The predicted octanol–water partition coefficient (Wildman–Crippen LogP) is 0.147. The Kier molecular flexibility index (Phi) is 3.40. The van der Waals surface area contributed by atoms with Gasteiger partial charge >= 0.3 is 21.8 Å². The summed E-state index contributed by atoms with van der Waals surface area (Å²) in [7, 11) is -4.91. The van der Waals surface area contributed by atoms with E-state index in [1.165, 1.54) is 0 Å². The fraction of sp³-hybridized carbons (Fsp3) is 0.143. The molecule has 0 unspecified atom stereocenters. The number of thiocarbonyl (C=S) groups is 1. The third kappa shape index (κ3) is 2.72. The van der Waals surface area contributed by atoms with Crippen molar-refractivity contribution in [3.05, 3.63) is 32.4 Å². The van der Waals surface area contributed by atoms with Gasteiger partial charge in [-0.25, -0.2) is 4.79 Å². The molecule has 0 aromatic rings. The SMILES string of the molecule is O=C(O)C1=C([N+](=O)[O-])C(S(=O)(=O)O)=CC(=S)C1. The largest absolute Gasteiger partial charge is 0.478 e. The van der Waals surface area contributed by atoms with Crippen molar-refractivity contribution in [2.75, 3.05) is 0 Å². The minimum absolute atomic E-state index is 0.124. The number of rotatable bonds is 3. The van der Waals surface area contributed by atoms with Crippen LogP contribution in [0.5, 0.6) is 0 Å². The molecule has 0 heterocycles. The van der Waals surface area contributed by atoms with Crippen LogP contribution in [0, 0.1) is 10.1 Å². The van der Waals surface area contributed by atoms with Crippen LogP contribution >= 0.6 is 12.2 Å². The molecular weight excluding hydrogens is 274 g/mol. The molecule has 0 saturated carbocycles. The highest BCUT2D eigenvalue weighted by molar-refractivity contribution is 7.90. The number of allylic oxidation sites excluding steroid dienone is 1. The van der Waals surface area contributed by atoms with E-state index >= 15 is 0 Å². The number of nitrogens with zero attached hydrogens (tertiary/aromatic N) is 1. The first kappa shape index (κ1) is 13.4. The van der Waals surface area contributed by atoms with Gasteiger partial charge in [0.1, 0.15) is 5.57 Å². The number of nitro groups is 1. The second-order valence-electron chi connectivity index (χ2n) is 3.02. The minimum atomic E-state index is -4.91. The van der Waals surface area contributed by atoms with Gasteiger partial charge in [0.15, 0.2) is 4.91 Å². The Morgan fingerprint density at radius 3 is 2.41 bits per heavy atom. The zero-order valence-corrected chi connectivity index (χ0v) is 9.62. The lowest BCUT2D eigenvalue weighted by Crippen LogP contribution is -2.22. The van der Waals surface area contributed by atoms with Crippen LogP contribution in [0.25, 0.3) is 0 Å². The van der Waals surface area contributed by atoms with Crippen LogP contribution in [-0.4, -0.2) is 33.8 Å². The number of carbonyl (C=O) groups is 1. The van der Waals surface area contributed by atoms with Crippen molar-refractivity contribution in [2.45, 2.75) is 6.42 Å². The van der Waals surface area contributed by atoms with Crippen LogP contribution in [0.3, 0.4) is 0 Å². The smallest absolute Gasteiger partial charge is 0.338 e. The summed E-state index contributed by atoms with van der Waals surface area (Å²) in [5, 5.41) is 19.4. The molecule has 0 bridgehead atoms. The standard InChI is InChI=1S/C7H5NO7S2/c9-7(10)4-1-3(16)2-5(17(13,14)15)6(4)8(11)12/h2H,1H2,(H,9,10)(H,13,14,15).